The van der Waals surface area contributed by atoms with Gasteiger partial charge in [-0.25, -0.2) is 4.68 Å². The van der Waals surface area contributed by atoms with Crippen molar-refractivity contribution in [1.29, 1.82) is 0 Å². The van der Waals surface area contributed by atoms with Crippen molar-refractivity contribution in [3.05, 3.63) is 47.8 Å². The van der Waals surface area contributed by atoms with Crippen LogP contribution in [0.3, 0.4) is 0 Å². The van der Waals surface area contributed by atoms with Gasteiger partial charge in [-0.3, -0.25) is 9.59 Å². The topological polar surface area (TPSA) is 70.5 Å². The molecule has 0 aliphatic carbocycles. The molecule has 2 amide bonds. The number of halogens is 1. The van der Waals surface area contributed by atoms with Crippen LogP contribution in [0.5, 0.6) is 0 Å². The van der Waals surface area contributed by atoms with Crippen LogP contribution in [0, 0.1) is 6.92 Å². The zero-order valence-electron chi connectivity index (χ0n) is 16.0. The van der Waals surface area contributed by atoms with Crippen LogP contribution in [-0.2, 0) is 4.79 Å². The van der Waals surface area contributed by atoms with E-state index in [0.29, 0.717) is 31.9 Å². The van der Waals surface area contributed by atoms with E-state index in [1.54, 1.807) is 4.68 Å². The van der Waals surface area contributed by atoms with E-state index in [9.17, 15) is 9.59 Å². The van der Waals surface area contributed by atoms with Crippen molar-refractivity contribution in [1.82, 2.24) is 24.9 Å². The minimum Gasteiger partial charge on any atom is -0.336 e. The second-order valence-electron chi connectivity index (χ2n) is 7.23. The summed E-state index contributed by atoms with van der Waals surface area (Å²) >= 11 is 0. The van der Waals surface area contributed by atoms with Gasteiger partial charge in [-0.05, 0) is 38.0 Å². The Morgan fingerprint density at radius 1 is 1.21 bits per heavy atom. The van der Waals surface area contributed by atoms with Crippen molar-refractivity contribution >= 4 is 24.2 Å². The third-order valence-corrected chi connectivity index (χ3v) is 5.36. The van der Waals surface area contributed by atoms with Gasteiger partial charge in [0.25, 0.3) is 5.91 Å². The predicted molar refractivity (Wildman–Crippen MR) is 109 cm³/mol. The fraction of sp³-hybridized carbons (Fsp3) is 0.450. The zero-order valence-corrected chi connectivity index (χ0v) is 16.8. The van der Waals surface area contributed by atoms with Gasteiger partial charge in [-0.1, -0.05) is 18.2 Å². The molecule has 1 N–H and O–H groups in total. The van der Waals surface area contributed by atoms with Gasteiger partial charge in [0.2, 0.25) is 5.91 Å². The number of nitrogens with zero attached hydrogens (tertiary/aromatic N) is 4. The molecule has 0 radical (unpaired) electrons. The van der Waals surface area contributed by atoms with Crippen molar-refractivity contribution in [2.24, 2.45) is 0 Å². The first-order chi connectivity index (χ1) is 13.1. The standard InChI is InChI=1S/C20H25N5O2.ClH/c1-15-12-18(22-25(15)16-6-3-2-4-7-16)20(27)23-10-5-8-17(14-23)24-11-9-21-13-19(24)26;/h2-4,6-7,12,17,21H,5,8-11,13-14H2,1H3;1H. The number of hydrogen-bond donors (Lipinski definition) is 1. The third-order valence-electron chi connectivity index (χ3n) is 5.36. The SMILES string of the molecule is Cc1cc(C(=O)N2CCCC(N3CCNCC3=O)C2)nn1-c1ccccc1.Cl. The molecule has 1 atom stereocenters. The summed E-state index contributed by atoms with van der Waals surface area (Å²) in [4.78, 5) is 29.0. The maximum atomic E-state index is 13.0. The van der Waals surface area contributed by atoms with Crippen LogP contribution in [0.15, 0.2) is 36.4 Å². The highest BCUT2D eigenvalue weighted by Gasteiger charge is 2.32. The minimum absolute atomic E-state index is 0. The number of carbonyl (C=O) groups excluding carboxylic acids is 2. The van der Waals surface area contributed by atoms with Gasteiger partial charge in [0, 0.05) is 37.9 Å². The Hall–Kier alpha value is -2.38. The van der Waals surface area contributed by atoms with E-state index < -0.39 is 0 Å². The lowest BCUT2D eigenvalue weighted by atomic mass is 10.0. The number of amides is 2. The summed E-state index contributed by atoms with van der Waals surface area (Å²) in [5, 5.41) is 7.65. The van der Waals surface area contributed by atoms with Crippen LogP contribution in [0.1, 0.15) is 29.0 Å². The molecule has 1 aromatic carbocycles. The second kappa shape index (κ2) is 8.75. The summed E-state index contributed by atoms with van der Waals surface area (Å²) in [6.07, 6.45) is 1.86. The number of hydrogen-bond acceptors (Lipinski definition) is 4. The fourth-order valence-electron chi connectivity index (χ4n) is 3.97. The maximum Gasteiger partial charge on any atom is 0.274 e. The number of para-hydroxylation sites is 1. The van der Waals surface area contributed by atoms with Crippen molar-refractivity contribution in [2.45, 2.75) is 25.8 Å². The monoisotopic (exact) mass is 403 g/mol. The molecule has 7 nitrogen and oxygen atoms in total. The molecule has 8 heteroatoms. The number of nitrogens with one attached hydrogen (secondary N) is 1. The summed E-state index contributed by atoms with van der Waals surface area (Å²) < 4.78 is 1.80. The molecule has 3 heterocycles. The minimum atomic E-state index is -0.0555. The van der Waals surface area contributed by atoms with Crippen molar-refractivity contribution in [3.63, 3.8) is 0 Å². The Kier molecular flexibility index (Phi) is 6.36. The highest BCUT2D eigenvalue weighted by Crippen LogP contribution is 2.20. The number of piperidine rings is 1. The number of aromatic nitrogens is 2. The summed E-state index contributed by atoms with van der Waals surface area (Å²) in [5.74, 6) is 0.0739. The van der Waals surface area contributed by atoms with E-state index in [2.05, 4.69) is 10.4 Å². The van der Waals surface area contributed by atoms with Crippen LogP contribution < -0.4 is 5.32 Å². The second-order valence-corrected chi connectivity index (χ2v) is 7.23. The average molecular weight is 404 g/mol. The van der Waals surface area contributed by atoms with Crippen molar-refractivity contribution in [2.75, 3.05) is 32.7 Å². The summed E-state index contributed by atoms with van der Waals surface area (Å²) in [7, 11) is 0. The number of benzene rings is 1. The fourth-order valence-corrected chi connectivity index (χ4v) is 3.97. The van der Waals surface area contributed by atoms with Gasteiger partial charge in [0.1, 0.15) is 0 Å². The van der Waals surface area contributed by atoms with Gasteiger partial charge in [-0.15, -0.1) is 12.4 Å². The summed E-state index contributed by atoms with van der Waals surface area (Å²) in [6, 6.07) is 11.8. The van der Waals surface area contributed by atoms with E-state index in [4.69, 9.17) is 0 Å². The molecular weight excluding hydrogens is 378 g/mol. The van der Waals surface area contributed by atoms with Crippen LogP contribution in [0.2, 0.25) is 0 Å². The lowest BCUT2D eigenvalue weighted by Crippen LogP contribution is -2.57. The maximum absolute atomic E-state index is 13.0. The number of aryl methyl sites for hydroxylation is 1. The lowest BCUT2D eigenvalue weighted by Gasteiger charge is -2.40. The summed E-state index contributed by atoms with van der Waals surface area (Å²) in [5.41, 5.74) is 2.33. The number of rotatable bonds is 3. The van der Waals surface area contributed by atoms with Crippen LogP contribution in [0.25, 0.3) is 5.69 Å². The van der Waals surface area contributed by atoms with Crippen LogP contribution in [-0.4, -0.2) is 70.2 Å². The average Bonchev–Trinajstić information content (AvgIpc) is 3.10. The largest absolute Gasteiger partial charge is 0.336 e. The molecule has 4 rings (SSSR count). The third kappa shape index (κ3) is 4.05. The Bertz CT molecular complexity index is 838. The quantitative estimate of drug-likeness (QED) is 0.845. The Labute approximate surface area is 171 Å². The normalized spacial score (nSPS) is 20.0. The molecule has 2 aromatic rings. The molecule has 1 unspecified atom stereocenters. The van der Waals surface area contributed by atoms with E-state index in [1.807, 2.05) is 53.1 Å². The highest BCUT2D eigenvalue weighted by molar-refractivity contribution is 5.92. The Morgan fingerprint density at radius 3 is 2.75 bits per heavy atom. The predicted octanol–water partition coefficient (Wildman–Crippen LogP) is 1.64. The first-order valence-electron chi connectivity index (χ1n) is 9.55. The summed E-state index contributed by atoms with van der Waals surface area (Å²) in [6.45, 7) is 5.18. The molecule has 0 saturated carbocycles. The van der Waals surface area contributed by atoms with E-state index in [-0.39, 0.29) is 30.3 Å². The van der Waals surface area contributed by atoms with Gasteiger partial charge >= 0.3 is 0 Å². The number of piperazine rings is 1. The number of carbonyl (C=O) groups is 2. The highest BCUT2D eigenvalue weighted by atomic mass is 35.5. The molecule has 2 fully saturated rings. The molecule has 2 saturated heterocycles. The van der Waals surface area contributed by atoms with Gasteiger partial charge < -0.3 is 15.1 Å². The molecule has 150 valence electrons. The Balaban J connectivity index is 0.00000225. The van der Waals surface area contributed by atoms with Gasteiger partial charge in [-0.2, -0.15) is 5.10 Å². The molecule has 2 aliphatic heterocycles. The Morgan fingerprint density at radius 2 is 2.00 bits per heavy atom. The first-order valence-corrected chi connectivity index (χ1v) is 9.55. The van der Waals surface area contributed by atoms with Crippen molar-refractivity contribution < 1.29 is 9.59 Å². The molecule has 0 spiro atoms. The zero-order chi connectivity index (χ0) is 18.8. The van der Waals surface area contributed by atoms with Gasteiger partial charge in [0.15, 0.2) is 5.69 Å². The molecule has 28 heavy (non-hydrogen) atoms. The number of likely N-dealkylation sites (tertiary alicyclic amines) is 1. The molecular formula is C20H26ClN5O2. The van der Waals surface area contributed by atoms with E-state index in [0.717, 1.165) is 30.8 Å². The van der Waals surface area contributed by atoms with E-state index in [1.165, 1.54) is 0 Å². The van der Waals surface area contributed by atoms with Crippen molar-refractivity contribution in [3.8, 4) is 5.69 Å². The van der Waals surface area contributed by atoms with Gasteiger partial charge in [0.05, 0.1) is 12.2 Å². The lowest BCUT2D eigenvalue weighted by molar-refractivity contribution is -0.135. The molecule has 0 bridgehead atoms. The van der Waals surface area contributed by atoms with Crippen LogP contribution in [0.4, 0.5) is 0 Å². The molecule has 1 aromatic heterocycles. The molecule has 2 aliphatic rings. The first kappa shape index (κ1) is 20.4. The van der Waals surface area contributed by atoms with Crippen LogP contribution >= 0.6 is 12.4 Å². The smallest absolute Gasteiger partial charge is 0.274 e. The van der Waals surface area contributed by atoms with E-state index >= 15 is 0 Å².